The van der Waals surface area contributed by atoms with Crippen molar-refractivity contribution in [1.82, 2.24) is 5.32 Å². The van der Waals surface area contributed by atoms with Gasteiger partial charge in [-0.25, -0.2) is 9.69 Å². The Labute approximate surface area is 147 Å². The number of halogens is 1. The SMILES string of the molecule is CC(=O)N[C@@H](CS[C@@H]1CC(=O)N(c2cccc(Cl)c2)C1=O)C(=O)O. The number of carboxylic acids is 1. The number of nitrogens with one attached hydrogen (secondary N) is 1. The molecule has 7 nitrogen and oxygen atoms in total. The maximum absolute atomic E-state index is 12.4. The van der Waals surface area contributed by atoms with E-state index in [9.17, 15) is 19.2 Å². The van der Waals surface area contributed by atoms with Crippen LogP contribution in [0.1, 0.15) is 13.3 Å². The minimum Gasteiger partial charge on any atom is -0.480 e. The van der Waals surface area contributed by atoms with Crippen LogP contribution in [0.25, 0.3) is 0 Å². The van der Waals surface area contributed by atoms with Gasteiger partial charge in [-0.15, -0.1) is 11.8 Å². The molecule has 3 amide bonds. The van der Waals surface area contributed by atoms with Gasteiger partial charge in [-0.3, -0.25) is 14.4 Å². The smallest absolute Gasteiger partial charge is 0.327 e. The highest BCUT2D eigenvalue weighted by Gasteiger charge is 2.40. The van der Waals surface area contributed by atoms with Crippen LogP contribution in [-0.2, 0) is 19.2 Å². The number of benzene rings is 1. The largest absolute Gasteiger partial charge is 0.480 e. The summed E-state index contributed by atoms with van der Waals surface area (Å²) in [7, 11) is 0. The summed E-state index contributed by atoms with van der Waals surface area (Å²) in [5, 5.41) is 11.1. The van der Waals surface area contributed by atoms with Crippen molar-refractivity contribution in [3.8, 4) is 0 Å². The number of thioether (sulfide) groups is 1. The Balaban J connectivity index is 2.06. The number of carbonyl (C=O) groups is 4. The number of hydrogen-bond acceptors (Lipinski definition) is 5. The van der Waals surface area contributed by atoms with Crippen LogP contribution >= 0.6 is 23.4 Å². The molecule has 0 unspecified atom stereocenters. The molecule has 128 valence electrons. The van der Waals surface area contributed by atoms with Crippen LogP contribution in [0.4, 0.5) is 5.69 Å². The molecule has 24 heavy (non-hydrogen) atoms. The summed E-state index contributed by atoms with van der Waals surface area (Å²) in [4.78, 5) is 47.7. The van der Waals surface area contributed by atoms with Gasteiger partial charge in [0, 0.05) is 24.1 Å². The first kappa shape index (κ1) is 18.3. The predicted molar refractivity (Wildman–Crippen MR) is 90.0 cm³/mol. The Morgan fingerprint density at radius 3 is 2.75 bits per heavy atom. The summed E-state index contributed by atoms with van der Waals surface area (Å²) in [5.41, 5.74) is 0.386. The summed E-state index contributed by atoms with van der Waals surface area (Å²) < 4.78 is 0. The summed E-state index contributed by atoms with van der Waals surface area (Å²) in [5.74, 6) is -2.47. The van der Waals surface area contributed by atoms with Crippen LogP contribution in [0.3, 0.4) is 0 Å². The zero-order chi connectivity index (χ0) is 17.9. The molecule has 9 heteroatoms. The molecule has 0 saturated carbocycles. The lowest BCUT2D eigenvalue weighted by atomic mass is 10.3. The first-order valence-electron chi connectivity index (χ1n) is 7.03. The summed E-state index contributed by atoms with van der Waals surface area (Å²) >= 11 is 6.92. The highest BCUT2D eigenvalue weighted by atomic mass is 35.5. The number of rotatable bonds is 6. The second-order valence-electron chi connectivity index (χ2n) is 5.16. The second kappa shape index (κ2) is 7.67. The van der Waals surface area contributed by atoms with E-state index in [4.69, 9.17) is 16.7 Å². The highest BCUT2D eigenvalue weighted by Crippen LogP contribution is 2.31. The van der Waals surface area contributed by atoms with Gasteiger partial charge in [0.15, 0.2) is 0 Å². The lowest BCUT2D eigenvalue weighted by Crippen LogP contribution is -2.42. The van der Waals surface area contributed by atoms with Crippen molar-refractivity contribution in [1.29, 1.82) is 0 Å². The molecule has 0 aromatic heterocycles. The summed E-state index contributed by atoms with van der Waals surface area (Å²) in [6.45, 7) is 1.21. The molecule has 0 radical (unpaired) electrons. The monoisotopic (exact) mass is 370 g/mol. The van der Waals surface area contributed by atoms with Gasteiger partial charge in [-0.2, -0.15) is 0 Å². The van der Waals surface area contributed by atoms with Crippen LogP contribution in [0.5, 0.6) is 0 Å². The molecule has 2 atom stereocenters. The number of hydrogen-bond donors (Lipinski definition) is 2. The molecule has 0 spiro atoms. The normalized spacial score (nSPS) is 18.6. The minimum absolute atomic E-state index is 0.0119. The van der Waals surface area contributed by atoms with Gasteiger partial charge < -0.3 is 10.4 Å². The summed E-state index contributed by atoms with van der Waals surface area (Å²) in [6, 6.07) is 5.27. The number of amides is 3. The van der Waals surface area contributed by atoms with Crippen molar-refractivity contribution >= 4 is 52.7 Å². The maximum atomic E-state index is 12.4. The number of anilines is 1. The van der Waals surface area contributed by atoms with Gasteiger partial charge in [0.05, 0.1) is 10.9 Å². The molecule has 0 aliphatic carbocycles. The Bertz CT molecular complexity index is 696. The third kappa shape index (κ3) is 4.27. The van der Waals surface area contributed by atoms with E-state index >= 15 is 0 Å². The van der Waals surface area contributed by atoms with E-state index in [1.54, 1.807) is 18.2 Å². The van der Waals surface area contributed by atoms with Crippen molar-refractivity contribution in [3.05, 3.63) is 29.3 Å². The molecule has 1 aromatic rings. The molecule has 1 aliphatic heterocycles. The van der Waals surface area contributed by atoms with Crippen molar-refractivity contribution in [2.45, 2.75) is 24.6 Å². The fourth-order valence-corrected chi connectivity index (χ4v) is 3.60. The average Bonchev–Trinajstić information content (AvgIpc) is 2.77. The van der Waals surface area contributed by atoms with E-state index < -0.39 is 29.1 Å². The number of carboxylic acid groups (broad SMARTS) is 1. The van der Waals surface area contributed by atoms with E-state index in [1.807, 2.05) is 0 Å². The van der Waals surface area contributed by atoms with Gasteiger partial charge in [0.1, 0.15) is 6.04 Å². The molecule has 2 rings (SSSR count). The molecule has 1 fully saturated rings. The zero-order valence-corrected chi connectivity index (χ0v) is 14.3. The Morgan fingerprint density at radius 2 is 2.17 bits per heavy atom. The molecule has 0 bridgehead atoms. The molecule has 2 N–H and O–H groups in total. The molecule has 1 aromatic carbocycles. The van der Waals surface area contributed by atoms with E-state index in [1.165, 1.54) is 13.0 Å². The van der Waals surface area contributed by atoms with Crippen LogP contribution in [0, 0.1) is 0 Å². The topological polar surface area (TPSA) is 104 Å². The highest BCUT2D eigenvalue weighted by molar-refractivity contribution is 8.00. The molecule has 1 aliphatic rings. The van der Waals surface area contributed by atoms with E-state index in [0.29, 0.717) is 10.7 Å². The first-order chi connectivity index (χ1) is 11.3. The van der Waals surface area contributed by atoms with Crippen LogP contribution < -0.4 is 10.2 Å². The molecule has 1 heterocycles. The quantitative estimate of drug-likeness (QED) is 0.731. The lowest BCUT2D eigenvalue weighted by molar-refractivity contribution is -0.140. The van der Waals surface area contributed by atoms with Crippen molar-refractivity contribution in [2.24, 2.45) is 0 Å². The third-order valence-electron chi connectivity index (χ3n) is 3.31. The average molecular weight is 371 g/mol. The molecule has 1 saturated heterocycles. The Hall–Kier alpha value is -2.06. The first-order valence-corrected chi connectivity index (χ1v) is 8.46. The Kier molecular flexibility index (Phi) is 5.84. The number of aliphatic carboxylic acids is 1. The van der Waals surface area contributed by atoms with E-state index in [0.717, 1.165) is 16.7 Å². The maximum Gasteiger partial charge on any atom is 0.327 e. The van der Waals surface area contributed by atoms with E-state index in [-0.39, 0.29) is 18.1 Å². The predicted octanol–water partition coefficient (Wildman–Crippen LogP) is 1.29. The molecular formula is C15H15ClN2O5S. The zero-order valence-electron chi connectivity index (χ0n) is 12.7. The van der Waals surface area contributed by atoms with Crippen molar-refractivity contribution in [2.75, 3.05) is 10.7 Å². The van der Waals surface area contributed by atoms with Crippen LogP contribution in [0.2, 0.25) is 5.02 Å². The standard InChI is InChI=1S/C15H15ClN2O5S/c1-8(19)17-11(15(22)23)7-24-12-6-13(20)18(14(12)21)10-4-2-3-9(16)5-10/h2-5,11-12H,6-7H2,1H3,(H,17,19)(H,22,23)/t11-,12+/m0/s1. The fourth-order valence-electron chi connectivity index (χ4n) is 2.25. The van der Waals surface area contributed by atoms with Crippen LogP contribution in [0.15, 0.2) is 24.3 Å². The molecular weight excluding hydrogens is 356 g/mol. The van der Waals surface area contributed by atoms with Crippen LogP contribution in [-0.4, -0.2) is 45.8 Å². The van der Waals surface area contributed by atoms with Gasteiger partial charge >= 0.3 is 5.97 Å². The van der Waals surface area contributed by atoms with Gasteiger partial charge in [0.25, 0.3) is 0 Å². The van der Waals surface area contributed by atoms with Gasteiger partial charge in [0.2, 0.25) is 17.7 Å². The third-order valence-corrected chi connectivity index (χ3v) is 4.84. The Morgan fingerprint density at radius 1 is 1.46 bits per heavy atom. The van der Waals surface area contributed by atoms with Gasteiger partial charge in [-0.05, 0) is 18.2 Å². The lowest BCUT2D eigenvalue weighted by Gasteiger charge is -2.16. The number of nitrogens with zero attached hydrogens (tertiary/aromatic N) is 1. The fraction of sp³-hybridized carbons (Fsp3) is 0.333. The summed E-state index contributed by atoms with van der Waals surface area (Å²) in [6.07, 6.45) is -0.0254. The minimum atomic E-state index is -1.19. The van der Waals surface area contributed by atoms with Crippen molar-refractivity contribution < 1.29 is 24.3 Å². The van der Waals surface area contributed by atoms with Gasteiger partial charge in [-0.1, -0.05) is 17.7 Å². The van der Waals surface area contributed by atoms with Crippen molar-refractivity contribution in [3.63, 3.8) is 0 Å². The number of carbonyl (C=O) groups excluding carboxylic acids is 3. The number of imide groups is 1. The second-order valence-corrected chi connectivity index (χ2v) is 6.84. The van der Waals surface area contributed by atoms with E-state index in [2.05, 4.69) is 5.32 Å².